The largest absolute Gasteiger partial charge is 0.480 e. The van der Waals surface area contributed by atoms with E-state index < -0.39 is 24.5 Å². The zero-order valence-corrected chi connectivity index (χ0v) is 8.81. The van der Waals surface area contributed by atoms with Crippen molar-refractivity contribution < 1.29 is 19.8 Å². The average molecular weight is 245 g/mol. The van der Waals surface area contributed by atoms with E-state index in [4.69, 9.17) is 21.8 Å². The third-order valence-electron chi connectivity index (χ3n) is 1.75. The Kier molecular flexibility index (Phi) is 4.21. The van der Waals surface area contributed by atoms with Crippen LogP contribution in [-0.4, -0.2) is 39.7 Å². The van der Waals surface area contributed by atoms with Crippen molar-refractivity contribution in [3.63, 3.8) is 0 Å². The number of carbonyl (C=O) groups is 2. The van der Waals surface area contributed by atoms with Gasteiger partial charge in [0.25, 0.3) is 5.91 Å². The van der Waals surface area contributed by atoms with Crippen LogP contribution in [0.25, 0.3) is 0 Å². The van der Waals surface area contributed by atoms with E-state index >= 15 is 0 Å². The minimum absolute atomic E-state index is 0.0316. The van der Waals surface area contributed by atoms with Crippen LogP contribution in [0.1, 0.15) is 10.5 Å². The number of nitrogens with one attached hydrogen (secondary N) is 1. The predicted molar refractivity (Wildman–Crippen MR) is 55.2 cm³/mol. The molecule has 1 aromatic rings. The predicted octanol–water partition coefficient (Wildman–Crippen LogP) is -0.0897. The number of pyridine rings is 1. The Labute approximate surface area is 95.9 Å². The molecule has 0 saturated carbocycles. The number of hydrogen-bond donors (Lipinski definition) is 3. The number of aromatic nitrogens is 1. The normalized spacial score (nSPS) is 11.9. The van der Waals surface area contributed by atoms with Crippen molar-refractivity contribution in [3.05, 3.63) is 29.0 Å². The average Bonchev–Trinajstić information content (AvgIpc) is 2.26. The second kappa shape index (κ2) is 5.43. The van der Waals surface area contributed by atoms with E-state index in [-0.39, 0.29) is 5.69 Å². The Morgan fingerprint density at radius 2 is 2.19 bits per heavy atom. The van der Waals surface area contributed by atoms with Crippen molar-refractivity contribution in [1.82, 2.24) is 10.3 Å². The molecule has 0 aromatic carbocycles. The maximum atomic E-state index is 11.4. The quantitative estimate of drug-likeness (QED) is 0.687. The molecular weight excluding hydrogens is 236 g/mol. The number of aliphatic carboxylic acids is 1. The molecule has 0 spiro atoms. The lowest BCUT2D eigenvalue weighted by atomic mass is 10.3. The summed E-state index contributed by atoms with van der Waals surface area (Å²) in [5, 5.41) is 19.8. The van der Waals surface area contributed by atoms with Gasteiger partial charge >= 0.3 is 5.97 Å². The van der Waals surface area contributed by atoms with Gasteiger partial charge < -0.3 is 15.5 Å². The first kappa shape index (κ1) is 12.4. The van der Waals surface area contributed by atoms with E-state index in [1.807, 2.05) is 0 Å². The van der Waals surface area contributed by atoms with Crippen LogP contribution in [0.15, 0.2) is 18.3 Å². The lowest BCUT2D eigenvalue weighted by Gasteiger charge is -2.10. The van der Waals surface area contributed by atoms with Crippen LogP contribution in [0.4, 0.5) is 0 Å². The van der Waals surface area contributed by atoms with E-state index in [2.05, 4.69) is 10.3 Å². The van der Waals surface area contributed by atoms with Gasteiger partial charge in [-0.2, -0.15) is 0 Å². The molecule has 1 atom stereocenters. The van der Waals surface area contributed by atoms with Gasteiger partial charge in [-0.05, 0) is 12.1 Å². The number of halogens is 1. The van der Waals surface area contributed by atoms with Gasteiger partial charge in [0.1, 0.15) is 5.69 Å². The molecule has 1 rings (SSSR count). The molecule has 1 amide bonds. The molecular formula is C9H9ClN2O4. The highest BCUT2D eigenvalue weighted by atomic mass is 35.5. The van der Waals surface area contributed by atoms with E-state index in [1.54, 1.807) is 0 Å². The Balaban J connectivity index is 2.71. The first-order valence-corrected chi connectivity index (χ1v) is 4.68. The Morgan fingerprint density at radius 3 is 2.62 bits per heavy atom. The van der Waals surface area contributed by atoms with Crippen molar-refractivity contribution in [2.24, 2.45) is 0 Å². The molecule has 6 nitrogen and oxygen atoms in total. The molecule has 0 saturated heterocycles. The third-order valence-corrected chi connectivity index (χ3v) is 1.97. The molecule has 0 bridgehead atoms. The fourth-order valence-electron chi connectivity index (χ4n) is 0.928. The van der Waals surface area contributed by atoms with Crippen molar-refractivity contribution >= 4 is 23.5 Å². The first-order chi connectivity index (χ1) is 7.54. The smallest absolute Gasteiger partial charge is 0.328 e. The summed E-state index contributed by atoms with van der Waals surface area (Å²) in [6.45, 7) is -0.686. The van der Waals surface area contributed by atoms with Crippen molar-refractivity contribution in [3.8, 4) is 0 Å². The molecule has 7 heteroatoms. The zero-order valence-electron chi connectivity index (χ0n) is 8.05. The van der Waals surface area contributed by atoms with E-state index in [0.29, 0.717) is 5.02 Å². The highest BCUT2D eigenvalue weighted by Crippen LogP contribution is 2.06. The number of carbonyl (C=O) groups excluding carboxylic acids is 1. The molecule has 0 aliphatic rings. The maximum absolute atomic E-state index is 11.4. The summed E-state index contributed by atoms with van der Waals surface area (Å²) < 4.78 is 0. The third kappa shape index (κ3) is 3.18. The summed E-state index contributed by atoms with van der Waals surface area (Å²) in [5.41, 5.74) is 0.0316. The van der Waals surface area contributed by atoms with E-state index in [1.165, 1.54) is 18.3 Å². The van der Waals surface area contributed by atoms with Crippen LogP contribution < -0.4 is 5.32 Å². The second-order valence-corrected chi connectivity index (χ2v) is 3.34. The number of nitrogens with zero attached hydrogens (tertiary/aromatic N) is 1. The Morgan fingerprint density at radius 1 is 1.50 bits per heavy atom. The van der Waals surface area contributed by atoms with Gasteiger partial charge in [-0.1, -0.05) is 11.6 Å². The fraction of sp³-hybridized carbons (Fsp3) is 0.222. The minimum atomic E-state index is -1.34. The van der Waals surface area contributed by atoms with Crippen LogP contribution in [0, 0.1) is 0 Å². The number of hydrogen-bond acceptors (Lipinski definition) is 4. The summed E-state index contributed by atoms with van der Waals surface area (Å²) >= 11 is 5.57. The topological polar surface area (TPSA) is 99.5 Å². The van der Waals surface area contributed by atoms with Crippen LogP contribution in [0.3, 0.4) is 0 Å². The van der Waals surface area contributed by atoms with Gasteiger partial charge in [-0.15, -0.1) is 0 Å². The minimum Gasteiger partial charge on any atom is -0.480 e. The molecule has 0 unspecified atom stereocenters. The summed E-state index contributed by atoms with van der Waals surface area (Å²) in [7, 11) is 0. The molecule has 1 heterocycles. The number of carboxylic acids is 1. The van der Waals surface area contributed by atoms with E-state index in [0.717, 1.165) is 0 Å². The second-order valence-electron chi connectivity index (χ2n) is 2.91. The number of aliphatic hydroxyl groups is 1. The molecule has 0 aliphatic carbocycles. The fourth-order valence-corrected chi connectivity index (χ4v) is 1.04. The summed E-state index contributed by atoms with van der Waals surface area (Å²) in [5.74, 6) is -2.00. The maximum Gasteiger partial charge on any atom is 0.328 e. The van der Waals surface area contributed by atoms with Crippen molar-refractivity contribution in [1.29, 1.82) is 0 Å². The Bertz CT molecular complexity index is 393. The van der Waals surface area contributed by atoms with Crippen molar-refractivity contribution in [2.75, 3.05) is 6.61 Å². The number of aliphatic hydroxyl groups excluding tert-OH is 1. The molecule has 0 radical (unpaired) electrons. The monoisotopic (exact) mass is 244 g/mol. The zero-order chi connectivity index (χ0) is 12.1. The molecule has 16 heavy (non-hydrogen) atoms. The van der Waals surface area contributed by atoms with Gasteiger partial charge in [0.05, 0.1) is 11.6 Å². The summed E-state index contributed by atoms with van der Waals surface area (Å²) in [4.78, 5) is 25.7. The van der Waals surface area contributed by atoms with E-state index in [9.17, 15) is 9.59 Å². The van der Waals surface area contributed by atoms with Crippen LogP contribution >= 0.6 is 11.6 Å². The highest BCUT2D eigenvalue weighted by molar-refractivity contribution is 6.30. The molecule has 1 aromatic heterocycles. The van der Waals surface area contributed by atoms with Crippen LogP contribution in [0.5, 0.6) is 0 Å². The SMILES string of the molecule is O=C(N[C@@H](CO)C(=O)O)c1ccc(Cl)cn1. The summed E-state index contributed by atoms with van der Waals surface area (Å²) in [6, 6.07) is 1.47. The lowest BCUT2D eigenvalue weighted by molar-refractivity contribution is -0.140. The number of carboxylic acid groups (broad SMARTS) is 1. The number of amides is 1. The van der Waals surface area contributed by atoms with Gasteiger partial charge in [0, 0.05) is 6.20 Å². The van der Waals surface area contributed by atoms with Crippen LogP contribution in [-0.2, 0) is 4.79 Å². The van der Waals surface area contributed by atoms with Gasteiger partial charge in [-0.3, -0.25) is 4.79 Å². The summed E-state index contributed by atoms with van der Waals surface area (Å²) in [6.07, 6.45) is 1.27. The molecule has 86 valence electrons. The Hall–Kier alpha value is -1.66. The standard InChI is InChI=1S/C9H9ClN2O4/c10-5-1-2-6(11-3-5)8(14)12-7(4-13)9(15)16/h1-3,7,13H,4H2,(H,12,14)(H,15,16)/t7-/m0/s1. The van der Waals surface area contributed by atoms with Gasteiger partial charge in [0.15, 0.2) is 6.04 Å². The molecule has 3 N–H and O–H groups in total. The first-order valence-electron chi connectivity index (χ1n) is 4.30. The van der Waals surface area contributed by atoms with Crippen molar-refractivity contribution in [2.45, 2.75) is 6.04 Å². The molecule has 0 aliphatic heterocycles. The number of rotatable bonds is 4. The van der Waals surface area contributed by atoms with Gasteiger partial charge in [0.2, 0.25) is 0 Å². The molecule has 0 fully saturated rings. The lowest BCUT2D eigenvalue weighted by Crippen LogP contribution is -2.43. The highest BCUT2D eigenvalue weighted by Gasteiger charge is 2.19. The van der Waals surface area contributed by atoms with Gasteiger partial charge in [-0.25, -0.2) is 9.78 Å². The van der Waals surface area contributed by atoms with Crippen LogP contribution in [0.2, 0.25) is 5.02 Å².